The van der Waals surface area contributed by atoms with Crippen molar-refractivity contribution in [1.29, 1.82) is 0 Å². The highest BCUT2D eigenvalue weighted by molar-refractivity contribution is 5.04. The number of nitrogens with zero attached hydrogens (tertiary/aromatic N) is 2. The minimum absolute atomic E-state index is 1.02. The standard InChI is InChI=1S/C7H12N3/c1-2-3-4-5-7-6-8-10-9-7/h5-6H,2-4H2,1H3,(H,8,9,10). The largest absolute Gasteiger partial charge is 0.262 e. The number of aromatic amines is 1. The minimum atomic E-state index is 1.02. The number of hydrogen-bond donors (Lipinski definition) is 1. The fourth-order valence-electron chi connectivity index (χ4n) is 0.767. The van der Waals surface area contributed by atoms with E-state index in [2.05, 4.69) is 28.8 Å². The summed E-state index contributed by atoms with van der Waals surface area (Å²) in [6.07, 6.45) is 7.43. The summed E-state index contributed by atoms with van der Waals surface area (Å²) in [6, 6.07) is 0. The van der Waals surface area contributed by atoms with Crippen molar-refractivity contribution < 1.29 is 0 Å². The molecule has 0 aliphatic heterocycles. The van der Waals surface area contributed by atoms with Gasteiger partial charge in [-0.25, -0.2) is 0 Å². The van der Waals surface area contributed by atoms with Crippen LogP contribution in [0, 0.1) is 6.42 Å². The summed E-state index contributed by atoms with van der Waals surface area (Å²) in [4.78, 5) is 0. The third kappa shape index (κ3) is 2.17. The summed E-state index contributed by atoms with van der Waals surface area (Å²) >= 11 is 0. The SMILES string of the molecule is CCCC[CH]c1cnn[nH]1. The predicted octanol–water partition coefficient (Wildman–Crippen LogP) is 1.55. The van der Waals surface area contributed by atoms with E-state index in [1.54, 1.807) is 6.20 Å². The molecule has 1 N–H and O–H groups in total. The topological polar surface area (TPSA) is 41.6 Å². The van der Waals surface area contributed by atoms with E-state index < -0.39 is 0 Å². The molecule has 0 atom stereocenters. The Kier molecular flexibility index (Phi) is 2.93. The van der Waals surface area contributed by atoms with Gasteiger partial charge in [-0.2, -0.15) is 0 Å². The van der Waals surface area contributed by atoms with Gasteiger partial charge >= 0.3 is 0 Å². The summed E-state index contributed by atoms with van der Waals surface area (Å²) in [5.41, 5.74) is 1.02. The van der Waals surface area contributed by atoms with Crippen molar-refractivity contribution in [3.63, 3.8) is 0 Å². The van der Waals surface area contributed by atoms with Gasteiger partial charge in [0.2, 0.25) is 0 Å². The molecular weight excluding hydrogens is 126 g/mol. The van der Waals surface area contributed by atoms with Gasteiger partial charge in [-0.05, 0) is 6.42 Å². The van der Waals surface area contributed by atoms with Crippen LogP contribution in [0.25, 0.3) is 0 Å². The Balaban J connectivity index is 2.15. The smallest absolute Gasteiger partial charge is 0.0725 e. The molecule has 1 radical (unpaired) electrons. The molecule has 1 rings (SSSR count). The Bertz CT molecular complexity index is 157. The Morgan fingerprint density at radius 3 is 3.20 bits per heavy atom. The van der Waals surface area contributed by atoms with Crippen molar-refractivity contribution in [2.75, 3.05) is 0 Å². The lowest BCUT2D eigenvalue weighted by atomic mass is 10.2. The van der Waals surface area contributed by atoms with E-state index in [4.69, 9.17) is 0 Å². The number of hydrogen-bond acceptors (Lipinski definition) is 2. The highest BCUT2D eigenvalue weighted by Gasteiger charge is 1.92. The summed E-state index contributed by atoms with van der Waals surface area (Å²) in [5, 5.41) is 10.0. The van der Waals surface area contributed by atoms with Gasteiger partial charge in [-0.1, -0.05) is 25.0 Å². The molecule has 55 valence electrons. The van der Waals surface area contributed by atoms with Gasteiger partial charge in [0, 0.05) is 6.42 Å². The van der Waals surface area contributed by atoms with E-state index in [9.17, 15) is 0 Å². The van der Waals surface area contributed by atoms with E-state index in [0.717, 1.165) is 12.1 Å². The van der Waals surface area contributed by atoms with Crippen molar-refractivity contribution in [1.82, 2.24) is 15.4 Å². The van der Waals surface area contributed by atoms with Crippen LogP contribution in [0.3, 0.4) is 0 Å². The molecule has 0 fully saturated rings. The van der Waals surface area contributed by atoms with Crippen LogP contribution < -0.4 is 0 Å². The third-order valence-electron chi connectivity index (χ3n) is 1.36. The molecule has 3 heteroatoms. The second-order valence-corrected chi connectivity index (χ2v) is 2.26. The van der Waals surface area contributed by atoms with Gasteiger partial charge < -0.3 is 0 Å². The molecule has 1 aromatic rings. The van der Waals surface area contributed by atoms with Crippen LogP contribution in [-0.4, -0.2) is 15.4 Å². The Morgan fingerprint density at radius 2 is 2.60 bits per heavy atom. The summed E-state index contributed by atoms with van der Waals surface area (Å²) in [5.74, 6) is 0. The first-order chi connectivity index (χ1) is 4.93. The van der Waals surface area contributed by atoms with E-state index in [1.165, 1.54) is 12.8 Å². The number of rotatable bonds is 4. The molecule has 0 aliphatic carbocycles. The zero-order valence-corrected chi connectivity index (χ0v) is 6.17. The lowest BCUT2D eigenvalue weighted by molar-refractivity contribution is 0.784. The molecular formula is C7H12N3. The Morgan fingerprint density at radius 1 is 1.70 bits per heavy atom. The van der Waals surface area contributed by atoms with Crippen LogP contribution >= 0.6 is 0 Å². The van der Waals surface area contributed by atoms with Crippen molar-refractivity contribution in [2.45, 2.75) is 26.2 Å². The number of unbranched alkanes of at least 4 members (excludes halogenated alkanes) is 2. The third-order valence-corrected chi connectivity index (χ3v) is 1.36. The maximum Gasteiger partial charge on any atom is 0.0725 e. The van der Waals surface area contributed by atoms with Crippen LogP contribution in [0.2, 0.25) is 0 Å². The van der Waals surface area contributed by atoms with E-state index in [0.29, 0.717) is 0 Å². The highest BCUT2D eigenvalue weighted by atomic mass is 15.3. The van der Waals surface area contributed by atoms with Gasteiger partial charge in [0.25, 0.3) is 0 Å². The number of H-pyrrole nitrogens is 1. The molecule has 3 nitrogen and oxygen atoms in total. The first kappa shape index (κ1) is 7.25. The van der Waals surface area contributed by atoms with E-state index in [1.807, 2.05) is 0 Å². The first-order valence-electron chi connectivity index (χ1n) is 3.62. The van der Waals surface area contributed by atoms with Crippen LogP contribution in [0.1, 0.15) is 31.9 Å². The molecule has 1 aromatic heterocycles. The van der Waals surface area contributed by atoms with Crippen LogP contribution in [0.4, 0.5) is 0 Å². The monoisotopic (exact) mass is 138 g/mol. The van der Waals surface area contributed by atoms with Gasteiger partial charge in [-0.3, -0.25) is 5.10 Å². The van der Waals surface area contributed by atoms with Gasteiger partial charge in [-0.15, -0.1) is 5.10 Å². The molecule has 0 unspecified atom stereocenters. The van der Waals surface area contributed by atoms with Crippen LogP contribution in [0.15, 0.2) is 6.20 Å². The van der Waals surface area contributed by atoms with Crippen molar-refractivity contribution in [3.05, 3.63) is 18.3 Å². The lowest BCUT2D eigenvalue weighted by Gasteiger charge is -1.92. The predicted molar refractivity (Wildman–Crippen MR) is 39.3 cm³/mol. The zero-order chi connectivity index (χ0) is 7.23. The second kappa shape index (κ2) is 4.04. The summed E-state index contributed by atoms with van der Waals surface area (Å²) < 4.78 is 0. The van der Waals surface area contributed by atoms with Gasteiger partial charge in [0.1, 0.15) is 0 Å². The average Bonchev–Trinajstić information content (AvgIpc) is 2.41. The fourth-order valence-corrected chi connectivity index (χ4v) is 0.767. The first-order valence-corrected chi connectivity index (χ1v) is 3.62. The zero-order valence-electron chi connectivity index (χ0n) is 6.17. The van der Waals surface area contributed by atoms with E-state index >= 15 is 0 Å². The molecule has 0 aromatic carbocycles. The molecule has 0 saturated carbocycles. The molecule has 0 aliphatic rings. The second-order valence-electron chi connectivity index (χ2n) is 2.26. The maximum absolute atomic E-state index is 3.66. The molecule has 0 amide bonds. The Labute approximate surface area is 60.8 Å². The van der Waals surface area contributed by atoms with Crippen molar-refractivity contribution in [2.24, 2.45) is 0 Å². The number of nitrogens with one attached hydrogen (secondary N) is 1. The quantitative estimate of drug-likeness (QED) is 0.641. The summed E-state index contributed by atoms with van der Waals surface area (Å²) in [7, 11) is 0. The summed E-state index contributed by atoms with van der Waals surface area (Å²) in [6.45, 7) is 2.18. The van der Waals surface area contributed by atoms with Crippen molar-refractivity contribution >= 4 is 0 Å². The van der Waals surface area contributed by atoms with Gasteiger partial charge in [0.15, 0.2) is 0 Å². The average molecular weight is 138 g/mol. The van der Waals surface area contributed by atoms with Crippen LogP contribution in [0.5, 0.6) is 0 Å². The lowest BCUT2D eigenvalue weighted by Crippen LogP contribution is -1.81. The highest BCUT2D eigenvalue weighted by Crippen LogP contribution is 2.03. The number of aromatic nitrogens is 3. The molecule has 0 bridgehead atoms. The minimum Gasteiger partial charge on any atom is -0.262 e. The molecule has 0 spiro atoms. The molecule has 1 heterocycles. The normalized spacial score (nSPS) is 10.1. The van der Waals surface area contributed by atoms with Gasteiger partial charge in [0.05, 0.1) is 11.9 Å². The van der Waals surface area contributed by atoms with Crippen molar-refractivity contribution in [3.8, 4) is 0 Å². The molecule has 0 saturated heterocycles. The van der Waals surface area contributed by atoms with E-state index in [-0.39, 0.29) is 0 Å². The fraction of sp³-hybridized carbons (Fsp3) is 0.571. The van der Waals surface area contributed by atoms with Crippen LogP contribution in [-0.2, 0) is 0 Å². The molecule has 10 heavy (non-hydrogen) atoms. The maximum atomic E-state index is 3.66. The Hall–Kier alpha value is -0.860.